The third-order valence-electron chi connectivity index (χ3n) is 20.6. The van der Waals surface area contributed by atoms with Crippen molar-refractivity contribution in [2.24, 2.45) is 0 Å². The predicted molar refractivity (Wildman–Crippen MR) is 417 cm³/mol. The Bertz CT molecular complexity index is 6350. The van der Waals surface area contributed by atoms with E-state index in [0.717, 1.165) is 45.3 Å². The zero-order chi connectivity index (χ0) is 63.7. The molecule has 97 heavy (non-hydrogen) atoms. The summed E-state index contributed by atoms with van der Waals surface area (Å²) in [7, 11) is 0. The van der Waals surface area contributed by atoms with Crippen LogP contribution in [0.1, 0.15) is 22.3 Å². The lowest BCUT2D eigenvalue weighted by Gasteiger charge is -2.35. The van der Waals surface area contributed by atoms with E-state index in [4.69, 9.17) is 0 Å². The fourth-order valence-corrected chi connectivity index (χ4v) is 18.7. The lowest BCUT2D eigenvalue weighted by atomic mass is 9.67. The molecule has 20 rings (SSSR count). The van der Waals surface area contributed by atoms with Gasteiger partial charge in [-0.2, -0.15) is 0 Å². The molecule has 0 spiro atoms. The molecule has 2 heterocycles. The second-order valence-electron chi connectivity index (χ2n) is 25.8. The van der Waals surface area contributed by atoms with Crippen LogP contribution in [-0.2, 0) is 5.41 Å². The van der Waals surface area contributed by atoms with Crippen LogP contribution in [0.2, 0.25) is 0 Å². The van der Waals surface area contributed by atoms with Gasteiger partial charge in [0.05, 0.1) is 22.5 Å². The zero-order valence-electron chi connectivity index (χ0n) is 52.7. The maximum Gasteiger partial charge on any atom is 0.0714 e. The largest absolute Gasteiger partial charge is 0.310 e. The summed E-state index contributed by atoms with van der Waals surface area (Å²) in [6, 6.07) is 132. The van der Waals surface area contributed by atoms with E-state index in [1.165, 1.54) is 139 Å². The van der Waals surface area contributed by atoms with Gasteiger partial charge in [0, 0.05) is 73.7 Å². The number of fused-ring (bicyclic) bond motifs is 16. The molecule has 0 fully saturated rings. The van der Waals surface area contributed by atoms with E-state index < -0.39 is 5.41 Å². The van der Waals surface area contributed by atoms with Crippen molar-refractivity contribution >= 4 is 151 Å². The second-order valence-corrected chi connectivity index (χ2v) is 27.9. The molecule has 19 aromatic rings. The van der Waals surface area contributed by atoms with Gasteiger partial charge in [-0.25, -0.2) is 0 Å². The molecule has 0 unspecified atom stereocenters. The van der Waals surface area contributed by atoms with Gasteiger partial charge in [0.2, 0.25) is 0 Å². The van der Waals surface area contributed by atoms with Gasteiger partial charge in [-0.15, -0.1) is 22.7 Å². The molecule has 0 saturated heterocycles. The van der Waals surface area contributed by atoms with Crippen LogP contribution in [0.15, 0.2) is 352 Å². The first kappa shape index (κ1) is 55.5. The monoisotopic (exact) mass is 1270 g/mol. The first-order valence-electron chi connectivity index (χ1n) is 33.4. The average Bonchev–Trinajstić information content (AvgIpc) is 1.54. The van der Waals surface area contributed by atoms with Gasteiger partial charge in [0.1, 0.15) is 0 Å². The molecule has 1 aliphatic carbocycles. The molecule has 4 heteroatoms. The van der Waals surface area contributed by atoms with Crippen LogP contribution in [0.4, 0.5) is 34.1 Å². The highest BCUT2D eigenvalue weighted by atomic mass is 32.1. The van der Waals surface area contributed by atoms with Crippen molar-refractivity contribution in [3.8, 4) is 33.4 Å². The van der Waals surface area contributed by atoms with E-state index in [2.05, 4.69) is 362 Å². The highest BCUT2D eigenvalue weighted by molar-refractivity contribution is 7.27. The number of rotatable bonds is 10. The molecule has 17 aromatic carbocycles. The Kier molecular flexibility index (Phi) is 12.6. The molecule has 1 aliphatic rings. The third kappa shape index (κ3) is 8.64. The molecule has 0 aliphatic heterocycles. The molecule has 452 valence electrons. The maximum absolute atomic E-state index is 2.59. The molecular weight excluding hydrogens is 1210 g/mol. The quantitative estimate of drug-likeness (QED) is 0.0995. The van der Waals surface area contributed by atoms with Gasteiger partial charge in [-0.3, -0.25) is 0 Å². The summed E-state index contributed by atoms with van der Waals surface area (Å²) in [6.07, 6.45) is 0. The summed E-state index contributed by atoms with van der Waals surface area (Å²) in [4.78, 5) is 5.02. The van der Waals surface area contributed by atoms with Gasteiger partial charge in [-0.05, 0) is 184 Å². The minimum absolute atomic E-state index is 0.680. The number of hydrogen-bond donors (Lipinski definition) is 0. The van der Waals surface area contributed by atoms with Crippen LogP contribution >= 0.6 is 22.7 Å². The Morgan fingerprint density at radius 1 is 0.237 bits per heavy atom. The van der Waals surface area contributed by atoms with E-state index in [9.17, 15) is 0 Å². The fraction of sp³-hybridized carbons (Fsp3) is 0.0108. The zero-order valence-corrected chi connectivity index (χ0v) is 54.3. The molecule has 2 aromatic heterocycles. The smallest absolute Gasteiger partial charge is 0.0714 e. The topological polar surface area (TPSA) is 6.48 Å². The molecule has 0 radical (unpaired) electrons. The van der Waals surface area contributed by atoms with Crippen molar-refractivity contribution in [1.82, 2.24) is 0 Å². The summed E-state index contributed by atoms with van der Waals surface area (Å²) in [5.74, 6) is 0. The van der Waals surface area contributed by atoms with Gasteiger partial charge in [0.15, 0.2) is 0 Å². The predicted octanol–water partition coefficient (Wildman–Crippen LogP) is 26.8. The van der Waals surface area contributed by atoms with Crippen molar-refractivity contribution in [1.29, 1.82) is 0 Å². The van der Waals surface area contributed by atoms with Gasteiger partial charge < -0.3 is 9.80 Å². The molecule has 0 saturated carbocycles. The molecule has 0 N–H and O–H groups in total. The summed E-state index contributed by atoms with van der Waals surface area (Å²) in [5.41, 5.74) is 18.1. The van der Waals surface area contributed by atoms with Gasteiger partial charge in [-0.1, -0.05) is 261 Å². The molecular formula is C93H58N2S2. The molecule has 2 nitrogen and oxygen atoms in total. The SMILES string of the molecule is c1ccc(N(c2ccc3c(c2)sc2cc(-c4cc(N(c5ccccc5)c5ccc(-c6ccc7sc8c9ccccc9ccc8c7c6)c6c5ccc5ccccc56)c5c(c4)C(c4ccccc4)(c4ccccc4)c4ccccc4-5)ccc23)c2cccc3cc4ccccc4cc23)cc1. The third-order valence-corrected chi connectivity index (χ3v) is 22.9. The number of para-hydroxylation sites is 2. The minimum Gasteiger partial charge on any atom is -0.310 e. The number of hydrogen-bond acceptors (Lipinski definition) is 4. The second kappa shape index (κ2) is 22.1. The molecule has 0 amide bonds. The Morgan fingerprint density at radius 2 is 0.814 bits per heavy atom. The number of anilines is 6. The van der Waals surface area contributed by atoms with E-state index in [1.54, 1.807) is 0 Å². The van der Waals surface area contributed by atoms with E-state index in [1.807, 2.05) is 22.7 Å². The van der Waals surface area contributed by atoms with Crippen LogP contribution < -0.4 is 9.80 Å². The Labute approximate surface area is 569 Å². The maximum atomic E-state index is 2.59. The Hall–Kier alpha value is -11.9. The lowest BCUT2D eigenvalue weighted by Crippen LogP contribution is -2.28. The lowest BCUT2D eigenvalue weighted by molar-refractivity contribution is 0.769. The normalized spacial score (nSPS) is 12.6. The Morgan fingerprint density at radius 3 is 1.57 bits per heavy atom. The van der Waals surface area contributed by atoms with Crippen molar-refractivity contribution in [2.45, 2.75) is 5.41 Å². The van der Waals surface area contributed by atoms with Crippen molar-refractivity contribution in [3.63, 3.8) is 0 Å². The van der Waals surface area contributed by atoms with Gasteiger partial charge >= 0.3 is 0 Å². The molecule has 0 atom stereocenters. The summed E-state index contributed by atoms with van der Waals surface area (Å²) < 4.78 is 5.12. The van der Waals surface area contributed by atoms with Crippen molar-refractivity contribution < 1.29 is 0 Å². The number of nitrogens with zero attached hydrogens (tertiary/aromatic N) is 2. The first-order valence-corrected chi connectivity index (χ1v) is 35.0. The van der Waals surface area contributed by atoms with Crippen LogP contribution in [0.3, 0.4) is 0 Å². The van der Waals surface area contributed by atoms with Crippen LogP contribution in [0.25, 0.3) is 128 Å². The summed E-state index contributed by atoms with van der Waals surface area (Å²) >= 11 is 3.78. The highest BCUT2D eigenvalue weighted by Gasteiger charge is 2.48. The van der Waals surface area contributed by atoms with Gasteiger partial charge in [0.25, 0.3) is 0 Å². The van der Waals surface area contributed by atoms with E-state index >= 15 is 0 Å². The number of benzene rings is 17. The van der Waals surface area contributed by atoms with Crippen molar-refractivity contribution in [2.75, 3.05) is 9.80 Å². The molecule has 0 bridgehead atoms. The minimum atomic E-state index is -0.680. The van der Waals surface area contributed by atoms with Crippen LogP contribution in [-0.4, -0.2) is 0 Å². The standard InChI is InChI=1S/C93H58N2S2/c1-5-27-67(28-6-1)93(68-29-7-2-8-30-68)82-38-20-19-37-78(82)91-83(93)55-66(63-42-45-75-76-48-44-71(58-89(76)96-88(75)57-63)94(69-31-9-3-10-32-69)84-39-21-26-64-52-61-24-13-14-25-62(61)53-80(64)84)56-86(91)95(70-33-11-4-12-34-70)85-50-49-73(90-72-35-17-15-22-59(72)41-47-79(85)90)65-43-51-87-81(54-65)77-46-40-60-23-16-18-36-74(60)92(77)97-87/h1-58H. The van der Waals surface area contributed by atoms with Crippen LogP contribution in [0.5, 0.6) is 0 Å². The summed E-state index contributed by atoms with van der Waals surface area (Å²) in [5, 5.41) is 17.4. The fourth-order valence-electron chi connectivity index (χ4n) is 16.3. The van der Waals surface area contributed by atoms with E-state index in [-0.39, 0.29) is 0 Å². The average molecular weight is 1270 g/mol. The van der Waals surface area contributed by atoms with Crippen LogP contribution in [0, 0.1) is 0 Å². The van der Waals surface area contributed by atoms with E-state index in [0.29, 0.717) is 0 Å². The highest BCUT2D eigenvalue weighted by Crippen LogP contribution is 2.61. The van der Waals surface area contributed by atoms with Crippen molar-refractivity contribution in [3.05, 3.63) is 374 Å². The number of thiophene rings is 2. The first-order chi connectivity index (χ1) is 48.1. The summed E-state index contributed by atoms with van der Waals surface area (Å²) in [6.45, 7) is 0. The Balaban J connectivity index is 0.821.